The average Bonchev–Trinajstić information content (AvgIpc) is 2.45. The molecule has 1 atom stereocenters. The molecule has 1 heterocycles. The van der Waals surface area contributed by atoms with Crippen molar-refractivity contribution < 1.29 is 14.3 Å². The summed E-state index contributed by atoms with van der Waals surface area (Å²) in [5.41, 5.74) is 1.76. The number of hydrogen-bond acceptors (Lipinski definition) is 3. The van der Waals surface area contributed by atoms with Gasteiger partial charge in [-0.2, -0.15) is 0 Å². The molecule has 1 aliphatic rings. The van der Waals surface area contributed by atoms with Crippen LogP contribution >= 0.6 is 0 Å². The van der Waals surface area contributed by atoms with Gasteiger partial charge >= 0.3 is 6.09 Å². The van der Waals surface area contributed by atoms with Gasteiger partial charge < -0.3 is 9.64 Å². The van der Waals surface area contributed by atoms with Gasteiger partial charge in [-0.3, -0.25) is 4.79 Å². The van der Waals surface area contributed by atoms with Gasteiger partial charge in [-0.15, -0.1) is 0 Å². The fourth-order valence-electron chi connectivity index (χ4n) is 2.29. The molecule has 1 aliphatic heterocycles. The number of rotatable bonds is 3. The van der Waals surface area contributed by atoms with Crippen LogP contribution in [0.25, 0.3) is 0 Å². The first-order valence-electron chi connectivity index (χ1n) is 6.72. The summed E-state index contributed by atoms with van der Waals surface area (Å²) in [5.74, 6) is 0.171. The van der Waals surface area contributed by atoms with Crippen LogP contribution in [0.2, 0.25) is 0 Å². The lowest BCUT2D eigenvalue weighted by atomic mass is 9.96. The van der Waals surface area contributed by atoms with Gasteiger partial charge in [0.2, 0.25) is 0 Å². The number of ketones is 1. The first-order chi connectivity index (χ1) is 9.58. The molecule has 0 aliphatic carbocycles. The smallest absolute Gasteiger partial charge is 0.410 e. The van der Waals surface area contributed by atoms with Crippen molar-refractivity contribution in [3.8, 4) is 0 Å². The van der Waals surface area contributed by atoms with Crippen molar-refractivity contribution in [3.63, 3.8) is 0 Å². The molecule has 0 unspecified atom stereocenters. The van der Waals surface area contributed by atoms with Gasteiger partial charge in [-0.25, -0.2) is 4.79 Å². The lowest BCUT2D eigenvalue weighted by Gasteiger charge is -2.34. The minimum Gasteiger partial charge on any atom is -0.445 e. The van der Waals surface area contributed by atoms with E-state index in [1.165, 1.54) is 0 Å². The average molecular weight is 273 g/mol. The van der Waals surface area contributed by atoms with Gasteiger partial charge in [-0.1, -0.05) is 42.5 Å². The van der Waals surface area contributed by atoms with Crippen molar-refractivity contribution >= 4 is 11.9 Å². The van der Waals surface area contributed by atoms with Crippen LogP contribution in [-0.2, 0) is 16.1 Å². The summed E-state index contributed by atoms with van der Waals surface area (Å²) in [6.45, 7) is 6.35. The quantitative estimate of drug-likeness (QED) is 0.795. The van der Waals surface area contributed by atoms with Gasteiger partial charge in [0.25, 0.3) is 0 Å². The largest absolute Gasteiger partial charge is 0.445 e. The Labute approximate surface area is 119 Å². The van der Waals surface area contributed by atoms with Crippen LogP contribution in [0.3, 0.4) is 0 Å². The predicted molar refractivity (Wildman–Crippen MR) is 76.2 cm³/mol. The third-order valence-corrected chi connectivity index (χ3v) is 3.44. The highest BCUT2D eigenvalue weighted by atomic mass is 16.6. The van der Waals surface area contributed by atoms with E-state index in [0.29, 0.717) is 19.4 Å². The van der Waals surface area contributed by atoms with Crippen molar-refractivity contribution in [1.29, 1.82) is 0 Å². The topological polar surface area (TPSA) is 46.6 Å². The molecule has 0 aromatic heterocycles. The molecule has 20 heavy (non-hydrogen) atoms. The molecule has 1 fully saturated rings. The van der Waals surface area contributed by atoms with E-state index in [0.717, 1.165) is 11.1 Å². The number of carbonyl (C=O) groups is 2. The first-order valence-corrected chi connectivity index (χ1v) is 6.72. The highest BCUT2D eigenvalue weighted by Gasteiger charge is 2.31. The molecule has 1 aromatic carbocycles. The zero-order valence-corrected chi connectivity index (χ0v) is 11.7. The molecule has 4 heteroatoms. The van der Waals surface area contributed by atoms with E-state index in [2.05, 4.69) is 6.58 Å². The van der Waals surface area contributed by atoms with Gasteiger partial charge in [0, 0.05) is 19.4 Å². The Hall–Kier alpha value is -2.10. The van der Waals surface area contributed by atoms with Crippen molar-refractivity contribution in [2.24, 2.45) is 0 Å². The molecule has 0 bridgehead atoms. The standard InChI is InChI=1S/C16H19NO3/c1-12(2)15-10-14(18)8-9-17(15)16(19)20-11-13-6-4-3-5-7-13/h3-7,15H,1,8-11H2,2H3/t15-/m1/s1. The van der Waals surface area contributed by atoms with Crippen molar-refractivity contribution in [1.82, 2.24) is 4.90 Å². The SMILES string of the molecule is C=C(C)[C@H]1CC(=O)CCN1C(=O)OCc1ccccc1. The van der Waals surface area contributed by atoms with Crippen LogP contribution < -0.4 is 0 Å². The van der Waals surface area contributed by atoms with Crippen molar-refractivity contribution in [2.75, 3.05) is 6.54 Å². The molecule has 4 nitrogen and oxygen atoms in total. The summed E-state index contributed by atoms with van der Waals surface area (Å²) in [5, 5.41) is 0. The summed E-state index contributed by atoms with van der Waals surface area (Å²) in [6, 6.07) is 9.30. The van der Waals surface area contributed by atoms with E-state index in [4.69, 9.17) is 4.74 Å². The zero-order valence-electron chi connectivity index (χ0n) is 11.7. The summed E-state index contributed by atoms with van der Waals surface area (Å²) < 4.78 is 5.32. The number of ether oxygens (including phenoxy) is 1. The Morgan fingerprint density at radius 3 is 2.75 bits per heavy atom. The number of likely N-dealkylation sites (tertiary alicyclic amines) is 1. The highest BCUT2D eigenvalue weighted by molar-refractivity contribution is 5.83. The Balaban J connectivity index is 1.97. The van der Waals surface area contributed by atoms with E-state index in [1.807, 2.05) is 37.3 Å². The monoisotopic (exact) mass is 273 g/mol. The van der Waals surface area contributed by atoms with Gasteiger partial charge in [0.15, 0.2) is 0 Å². The van der Waals surface area contributed by atoms with E-state index in [9.17, 15) is 9.59 Å². The maximum absolute atomic E-state index is 12.1. The number of Topliss-reactive ketones (excluding diaryl/α,β-unsaturated/α-hetero) is 1. The fourth-order valence-corrected chi connectivity index (χ4v) is 2.29. The number of amides is 1. The minimum absolute atomic E-state index is 0.171. The number of hydrogen-bond donors (Lipinski definition) is 0. The van der Waals surface area contributed by atoms with Crippen LogP contribution in [0.4, 0.5) is 4.79 Å². The second kappa shape index (κ2) is 6.37. The third kappa shape index (κ3) is 3.47. The number of piperidine rings is 1. The molecule has 106 valence electrons. The second-order valence-electron chi connectivity index (χ2n) is 5.09. The van der Waals surface area contributed by atoms with Gasteiger partial charge in [-0.05, 0) is 12.5 Å². The number of carbonyl (C=O) groups excluding carboxylic acids is 2. The van der Waals surface area contributed by atoms with Crippen LogP contribution in [0.15, 0.2) is 42.5 Å². The van der Waals surface area contributed by atoms with E-state index >= 15 is 0 Å². The normalized spacial score (nSPS) is 18.8. The van der Waals surface area contributed by atoms with E-state index in [1.54, 1.807) is 4.90 Å². The van der Waals surface area contributed by atoms with Gasteiger partial charge in [0.1, 0.15) is 12.4 Å². The molecule has 0 saturated carbocycles. The Bertz CT molecular complexity index is 510. The van der Waals surface area contributed by atoms with Crippen molar-refractivity contribution in [2.45, 2.75) is 32.4 Å². The summed E-state index contributed by atoms with van der Waals surface area (Å²) in [4.78, 5) is 25.3. The molecule has 1 aromatic rings. The van der Waals surface area contributed by atoms with Crippen molar-refractivity contribution in [3.05, 3.63) is 48.0 Å². The molecule has 0 N–H and O–H groups in total. The van der Waals surface area contributed by atoms with Crippen LogP contribution in [0.1, 0.15) is 25.3 Å². The maximum Gasteiger partial charge on any atom is 0.410 e. The van der Waals surface area contributed by atoms with Crippen LogP contribution in [0, 0.1) is 0 Å². The molecule has 1 amide bonds. The highest BCUT2D eigenvalue weighted by Crippen LogP contribution is 2.21. The zero-order chi connectivity index (χ0) is 14.5. The predicted octanol–water partition coefficient (Wildman–Crippen LogP) is 2.93. The number of nitrogens with zero attached hydrogens (tertiary/aromatic N) is 1. The lowest BCUT2D eigenvalue weighted by Crippen LogP contribution is -2.47. The molecular weight excluding hydrogens is 254 g/mol. The first kappa shape index (κ1) is 14.3. The molecule has 0 spiro atoms. The van der Waals surface area contributed by atoms with E-state index in [-0.39, 0.29) is 24.5 Å². The Morgan fingerprint density at radius 2 is 2.10 bits per heavy atom. The molecule has 1 saturated heterocycles. The number of benzene rings is 1. The van der Waals surface area contributed by atoms with E-state index < -0.39 is 0 Å². The van der Waals surface area contributed by atoms with Crippen LogP contribution in [0.5, 0.6) is 0 Å². The summed E-state index contributed by atoms with van der Waals surface area (Å²) in [6.07, 6.45) is 0.356. The van der Waals surface area contributed by atoms with Gasteiger partial charge in [0.05, 0.1) is 6.04 Å². The molecular formula is C16H19NO3. The molecule has 0 radical (unpaired) electrons. The Morgan fingerprint density at radius 1 is 1.40 bits per heavy atom. The lowest BCUT2D eigenvalue weighted by molar-refractivity contribution is -0.122. The van der Waals surface area contributed by atoms with Crippen LogP contribution in [-0.4, -0.2) is 29.4 Å². The second-order valence-corrected chi connectivity index (χ2v) is 5.09. The Kier molecular flexibility index (Phi) is 4.56. The minimum atomic E-state index is -0.380. The molecule has 2 rings (SSSR count). The maximum atomic E-state index is 12.1. The fraction of sp³-hybridized carbons (Fsp3) is 0.375. The third-order valence-electron chi connectivity index (χ3n) is 3.44. The summed E-state index contributed by atoms with van der Waals surface area (Å²) in [7, 11) is 0. The summed E-state index contributed by atoms with van der Waals surface area (Å²) >= 11 is 0.